The summed E-state index contributed by atoms with van der Waals surface area (Å²) in [5.41, 5.74) is 2.49. The Morgan fingerprint density at radius 2 is 1.78 bits per heavy atom. The third-order valence-electron chi connectivity index (χ3n) is 4.26. The number of fused-ring (bicyclic) bond motifs is 1. The van der Waals surface area contributed by atoms with Crippen LogP contribution in [-0.4, -0.2) is 28.8 Å². The Hall–Kier alpha value is -3.48. The monoisotopic (exact) mass is 366 g/mol. The highest BCUT2D eigenvalue weighted by molar-refractivity contribution is 6.24. The van der Waals surface area contributed by atoms with Gasteiger partial charge in [-0.05, 0) is 29.3 Å². The zero-order chi connectivity index (χ0) is 19.4. The van der Waals surface area contributed by atoms with Crippen molar-refractivity contribution in [3.8, 4) is 0 Å². The summed E-state index contributed by atoms with van der Waals surface area (Å²) in [5, 5.41) is 11.2. The lowest BCUT2D eigenvalue weighted by molar-refractivity contribution is -0.138. The predicted molar refractivity (Wildman–Crippen MR) is 97.1 cm³/mol. The molecule has 0 radical (unpaired) electrons. The average molecular weight is 366 g/mol. The lowest BCUT2D eigenvalue weighted by Gasteiger charge is -2.16. The molecule has 3 rings (SSSR count). The van der Waals surface area contributed by atoms with Crippen molar-refractivity contribution in [3.05, 3.63) is 65.2 Å². The topological polar surface area (TPSA) is 104 Å². The third kappa shape index (κ3) is 4.20. The number of carboxylic acid groups (broad SMARTS) is 1. The minimum atomic E-state index is -1.02. The van der Waals surface area contributed by atoms with E-state index in [0.717, 1.165) is 11.1 Å². The number of carbonyl (C=O) groups is 4. The van der Waals surface area contributed by atoms with Crippen LogP contribution in [-0.2, 0) is 27.3 Å². The fraction of sp³-hybridized carbons (Fsp3) is 0.200. The minimum Gasteiger partial charge on any atom is -0.481 e. The normalized spacial score (nSPS) is 12.6. The summed E-state index contributed by atoms with van der Waals surface area (Å²) in [6, 6.07) is 13.8. The fourth-order valence-corrected chi connectivity index (χ4v) is 2.93. The van der Waals surface area contributed by atoms with Gasteiger partial charge in [0, 0.05) is 18.5 Å². The summed E-state index contributed by atoms with van der Waals surface area (Å²) in [6.07, 6.45) is -0.187. The molecule has 138 valence electrons. The number of benzene rings is 2. The number of nitrogens with one attached hydrogen (secondary N) is 1. The van der Waals surface area contributed by atoms with Crippen molar-refractivity contribution in [2.75, 3.05) is 4.90 Å². The van der Waals surface area contributed by atoms with E-state index in [2.05, 4.69) is 5.32 Å². The predicted octanol–water partition coefficient (Wildman–Crippen LogP) is 1.90. The Morgan fingerprint density at radius 3 is 2.48 bits per heavy atom. The van der Waals surface area contributed by atoms with Crippen molar-refractivity contribution in [3.63, 3.8) is 0 Å². The molecular weight excluding hydrogens is 348 g/mol. The van der Waals surface area contributed by atoms with Crippen LogP contribution in [0.3, 0.4) is 0 Å². The zero-order valence-electron chi connectivity index (χ0n) is 14.5. The summed E-state index contributed by atoms with van der Waals surface area (Å²) in [5.74, 6) is -2.03. The molecule has 1 aliphatic heterocycles. The van der Waals surface area contributed by atoms with Gasteiger partial charge in [0.15, 0.2) is 0 Å². The molecule has 0 atom stereocenters. The van der Waals surface area contributed by atoms with E-state index in [4.69, 9.17) is 5.11 Å². The van der Waals surface area contributed by atoms with E-state index >= 15 is 0 Å². The zero-order valence-corrected chi connectivity index (χ0v) is 14.5. The molecule has 0 bridgehead atoms. The van der Waals surface area contributed by atoms with Gasteiger partial charge < -0.3 is 10.4 Å². The average Bonchev–Trinajstić information content (AvgIpc) is 2.99. The van der Waals surface area contributed by atoms with Crippen LogP contribution in [0.1, 0.15) is 34.3 Å². The summed E-state index contributed by atoms with van der Waals surface area (Å²) in [6.45, 7) is 0.229. The Bertz CT molecular complexity index is 908. The van der Waals surface area contributed by atoms with E-state index in [-0.39, 0.29) is 43.5 Å². The number of carbonyl (C=O) groups excluding carboxylic acids is 3. The first kappa shape index (κ1) is 18.3. The summed E-state index contributed by atoms with van der Waals surface area (Å²) in [4.78, 5) is 48.3. The molecular formula is C20H18N2O5. The van der Waals surface area contributed by atoms with E-state index in [9.17, 15) is 19.2 Å². The van der Waals surface area contributed by atoms with Crippen LogP contribution in [0.4, 0.5) is 5.69 Å². The van der Waals surface area contributed by atoms with E-state index < -0.39 is 5.97 Å². The second kappa shape index (κ2) is 7.82. The number of hydrogen-bond donors (Lipinski definition) is 2. The summed E-state index contributed by atoms with van der Waals surface area (Å²) in [7, 11) is 0. The SMILES string of the molecule is O=C(O)CCC(=O)NCc1ccc2c(c1)CC(=O)N2C(=O)c1ccccc1. The van der Waals surface area contributed by atoms with Gasteiger partial charge in [-0.15, -0.1) is 0 Å². The maximum Gasteiger partial charge on any atom is 0.303 e. The second-order valence-corrected chi connectivity index (χ2v) is 6.21. The van der Waals surface area contributed by atoms with Gasteiger partial charge >= 0.3 is 5.97 Å². The molecule has 0 aromatic heterocycles. The van der Waals surface area contributed by atoms with Gasteiger partial charge in [0.1, 0.15) is 0 Å². The molecule has 0 unspecified atom stereocenters. The summed E-state index contributed by atoms with van der Waals surface area (Å²) >= 11 is 0. The molecule has 27 heavy (non-hydrogen) atoms. The number of carboxylic acids is 1. The second-order valence-electron chi connectivity index (χ2n) is 6.21. The first-order valence-corrected chi connectivity index (χ1v) is 8.48. The van der Waals surface area contributed by atoms with Crippen molar-refractivity contribution >= 4 is 29.4 Å². The molecule has 2 aromatic carbocycles. The maximum atomic E-state index is 12.6. The Kier molecular flexibility index (Phi) is 5.30. The van der Waals surface area contributed by atoms with Crippen LogP contribution in [0, 0.1) is 0 Å². The Labute approximate surface area is 155 Å². The van der Waals surface area contributed by atoms with Gasteiger partial charge in [0.2, 0.25) is 11.8 Å². The van der Waals surface area contributed by atoms with E-state index in [1.807, 2.05) is 0 Å². The molecule has 0 spiro atoms. The lowest BCUT2D eigenvalue weighted by Crippen LogP contribution is -2.33. The van der Waals surface area contributed by atoms with Gasteiger partial charge in [-0.2, -0.15) is 0 Å². The van der Waals surface area contributed by atoms with Crippen molar-refractivity contribution < 1.29 is 24.3 Å². The first-order chi connectivity index (χ1) is 13.0. The molecule has 7 nitrogen and oxygen atoms in total. The standard InChI is InChI=1S/C20H18N2O5/c23-17(8-9-19(25)26)21-12-13-6-7-16-15(10-13)11-18(24)22(16)20(27)14-4-2-1-3-5-14/h1-7,10H,8-9,11-12H2,(H,21,23)(H,25,26). The molecule has 3 amide bonds. The lowest BCUT2D eigenvalue weighted by atomic mass is 10.1. The number of imide groups is 1. The van der Waals surface area contributed by atoms with Crippen LogP contribution in [0.15, 0.2) is 48.5 Å². The summed E-state index contributed by atoms with van der Waals surface area (Å²) < 4.78 is 0. The van der Waals surface area contributed by atoms with Crippen molar-refractivity contribution in [2.45, 2.75) is 25.8 Å². The smallest absolute Gasteiger partial charge is 0.303 e. The first-order valence-electron chi connectivity index (χ1n) is 8.48. The van der Waals surface area contributed by atoms with Crippen LogP contribution in [0.25, 0.3) is 0 Å². The van der Waals surface area contributed by atoms with Gasteiger partial charge in [0.05, 0.1) is 18.5 Å². The molecule has 0 saturated carbocycles. The number of anilines is 1. The maximum absolute atomic E-state index is 12.6. The molecule has 0 saturated heterocycles. The van der Waals surface area contributed by atoms with E-state index in [1.54, 1.807) is 48.5 Å². The number of nitrogens with zero attached hydrogens (tertiary/aromatic N) is 1. The van der Waals surface area contributed by atoms with Crippen LogP contribution in [0.5, 0.6) is 0 Å². The molecule has 0 fully saturated rings. The number of hydrogen-bond acceptors (Lipinski definition) is 4. The van der Waals surface area contributed by atoms with Crippen molar-refractivity contribution in [2.24, 2.45) is 0 Å². The number of aliphatic carboxylic acids is 1. The van der Waals surface area contributed by atoms with Crippen LogP contribution < -0.4 is 10.2 Å². The molecule has 2 N–H and O–H groups in total. The molecule has 7 heteroatoms. The Balaban J connectivity index is 1.70. The van der Waals surface area contributed by atoms with Gasteiger partial charge in [-0.3, -0.25) is 19.2 Å². The van der Waals surface area contributed by atoms with Crippen molar-refractivity contribution in [1.29, 1.82) is 0 Å². The minimum absolute atomic E-state index is 0.0852. The molecule has 1 aliphatic rings. The fourth-order valence-electron chi connectivity index (χ4n) is 2.93. The number of rotatable bonds is 6. The van der Waals surface area contributed by atoms with Crippen LogP contribution in [0.2, 0.25) is 0 Å². The highest BCUT2D eigenvalue weighted by Crippen LogP contribution is 2.31. The molecule has 1 heterocycles. The molecule has 2 aromatic rings. The third-order valence-corrected chi connectivity index (χ3v) is 4.26. The van der Waals surface area contributed by atoms with E-state index in [0.29, 0.717) is 11.3 Å². The van der Waals surface area contributed by atoms with Gasteiger partial charge in [-0.1, -0.05) is 30.3 Å². The number of amides is 3. The van der Waals surface area contributed by atoms with Gasteiger partial charge in [0.25, 0.3) is 5.91 Å². The quantitative estimate of drug-likeness (QED) is 0.760. The largest absolute Gasteiger partial charge is 0.481 e. The highest BCUT2D eigenvalue weighted by Gasteiger charge is 2.32. The molecule has 0 aliphatic carbocycles. The highest BCUT2D eigenvalue weighted by atomic mass is 16.4. The Morgan fingerprint density at radius 1 is 1.04 bits per heavy atom. The van der Waals surface area contributed by atoms with Gasteiger partial charge in [-0.25, -0.2) is 4.90 Å². The van der Waals surface area contributed by atoms with Crippen molar-refractivity contribution in [1.82, 2.24) is 5.32 Å². The van der Waals surface area contributed by atoms with E-state index in [1.165, 1.54) is 4.90 Å². The van der Waals surface area contributed by atoms with Crippen LogP contribution >= 0.6 is 0 Å².